The summed E-state index contributed by atoms with van der Waals surface area (Å²) in [5, 5.41) is 39.4. The first-order valence-electron chi connectivity index (χ1n) is 7.21. The number of benzene rings is 3. The van der Waals surface area contributed by atoms with Gasteiger partial charge in [0.25, 0.3) is 0 Å². The number of aromatic hydroxyl groups is 2. The van der Waals surface area contributed by atoms with Gasteiger partial charge in [0.1, 0.15) is 29.9 Å². The van der Waals surface area contributed by atoms with E-state index in [0.29, 0.717) is 27.6 Å². The maximum atomic E-state index is 9.83. The molecule has 0 bridgehead atoms. The second-order valence-corrected chi connectivity index (χ2v) is 5.57. The zero-order valence-electron chi connectivity index (χ0n) is 12.4. The van der Waals surface area contributed by atoms with E-state index in [-0.39, 0.29) is 23.7 Å². The van der Waals surface area contributed by atoms with E-state index < -0.39 is 0 Å². The number of hydrogen-bond donors (Lipinski definition) is 2. The molecule has 0 spiro atoms. The third-order valence-electron chi connectivity index (χ3n) is 4.17. The Balaban J connectivity index is 2.17. The fourth-order valence-corrected chi connectivity index (χ4v) is 3.15. The highest BCUT2D eigenvalue weighted by Gasteiger charge is 2.24. The van der Waals surface area contributed by atoms with Crippen molar-refractivity contribution >= 4 is 10.8 Å². The highest BCUT2D eigenvalue weighted by molar-refractivity contribution is 6.03. The van der Waals surface area contributed by atoms with E-state index >= 15 is 0 Å². The molecule has 5 heteroatoms. The largest absolute Gasteiger partial charge is 0.508 e. The molecule has 2 N–H and O–H groups in total. The van der Waals surface area contributed by atoms with Gasteiger partial charge in [0.15, 0.2) is 0 Å². The Kier molecular flexibility index (Phi) is 2.85. The van der Waals surface area contributed by atoms with E-state index in [0.717, 1.165) is 11.1 Å². The number of ether oxygens (including phenoxy) is 1. The Hall–Kier alpha value is -3.70. The molecule has 24 heavy (non-hydrogen) atoms. The Morgan fingerprint density at radius 1 is 0.875 bits per heavy atom. The summed E-state index contributed by atoms with van der Waals surface area (Å²) < 4.78 is 5.85. The van der Waals surface area contributed by atoms with E-state index in [1.165, 1.54) is 12.1 Å². The molecule has 0 atom stereocenters. The van der Waals surface area contributed by atoms with Gasteiger partial charge in [-0.05, 0) is 35.9 Å². The molecule has 3 aromatic rings. The fourth-order valence-electron chi connectivity index (χ4n) is 3.15. The topological polar surface area (TPSA) is 97.3 Å². The second kappa shape index (κ2) is 4.91. The Morgan fingerprint density at radius 2 is 1.67 bits per heavy atom. The normalized spacial score (nSPS) is 11.8. The SMILES string of the molecule is N#Cc1cc2c(c3c(C#N)cc(O)cc13)OCc1cc(O)ccc1-2. The Morgan fingerprint density at radius 3 is 2.42 bits per heavy atom. The summed E-state index contributed by atoms with van der Waals surface area (Å²) in [4.78, 5) is 0. The van der Waals surface area contributed by atoms with Crippen molar-refractivity contribution in [2.45, 2.75) is 6.61 Å². The molecule has 1 heterocycles. The molecule has 4 rings (SSSR count). The number of phenolic OH excluding ortho intramolecular Hbond substituents is 2. The van der Waals surface area contributed by atoms with Crippen molar-refractivity contribution in [1.82, 2.24) is 0 Å². The number of nitrogens with zero attached hydrogens (tertiary/aromatic N) is 2. The van der Waals surface area contributed by atoms with Gasteiger partial charge in [0.2, 0.25) is 0 Å². The molecule has 0 unspecified atom stereocenters. The monoisotopic (exact) mass is 314 g/mol. The van der Waals surface area contributed by atoms with Crippen LogP contribution in [0.5, 0.6) is 17.2 Å². The molecule has 0 aliphatic carbocycles. The molecule has 114 valence electrons. The fraction of sp³-hybridized carbons (Fsp3) is 0.0526. The lowest BCUT2D eigenvalue weighted by atomic mass is 9.90. The summed E-state index contributed by atoms with van der Waals surface area (Å²) in [6.45, 7) is 0.253. The van der Waals surface area contributed by atoms with Crippen LogP contribution in [0.4, 0.5) is 0 Å². The lowest BCUT2D eigenvalue weighted by molar-refractivity contribution is 0.305. The molecule has 0 radical (unpaired) electrons. The minimum Gasteiger partial charge on any atom is -0.508 e. The number of fused-ring (bicyclic) bond motifs is 5. The molecule has 5 nitrogen and oxygen atoms in total. The molecular weight excluding hydrogens is 304 g/mol. The highest BCUT2D eigenvalue weighted by atomic mass is 16.5. The summed E-state index contributed by atoms with van der Waals surface area (Å²) in [6.07, 6.45) is 0. The van der Waals surface area contributed by atoms with Crippen molar-refractivity contribution in [2.75, 3.05) is 0 Å². The van der Waals surface area contributed by atoms with Crippen LogP contribution in [-0.2, 0) is 6.61 Å². The summed E-state index contributed by atoms with van der Waals surface area (Å²) in [6, 6.07) is 13.6. The molecule has 1 aliphatic heterocycles. The van der Waals surface area contributed by atoms with Gasteiger partial charge < -0.3 is 14.9 Å². The van der Waals surface area contributed by atoms with Crippen LogP contribution in [0.25, 0.3) is 21.9 Å². The van der Waals surface area contributed by atoms with Gasteiger partial charge in [0.05, 0.1) is 17.2 Å². The van der Waals surface area contributed by atoms with E-state index in [9.17, 15) is 20.7 Å². The van der Waals surface area contributed by atoms with Gasteiger partial charge in [-0.25, -0.2) is 0 Å². The van der Waals surface area contributed by atoms with Gasteiger partial charge >= 0.3 is 0 Å². The van der Waals surface area contributed by atoms with E-state index in [1.54, 1.807) is 24.3 Å². The van der Waals surface area contributed by atoms with Crippen molar-refractivity contribution in [2.24, 2.45) is 0 Å². The second-order valence-electron chi connectivity index (χ2n) is 5.57. The third kappa shape index (κ3) is 1.86. The van der Waals surface area contributed by atoms with Gasteiger partial charge in [-0.15, -0.1) is 0 Å². The van der Waals surface area contributed by atoms with Crippen molar-refractivity contribution in [3.63, 3.8) is 0 Å². The van der Waals surface area contributed by atoms with Gasteiger partial charge in [-0.3, -0.25) is 0 Å². The molecular formula is C19H10N2O3. The maximum absolute atomic E-state index is 9.83. The molecule has 0 saturated carbocycles. The molecule has 0 amide bonds. The average Bonchev–Trinajstić information content (AvgIpc) is 2.59. The quantitative estimate of drug-likeness (QED) is 0.661. The lowest BCUT2D eigenvalue weighted by Crippen LogP contribution is -2.07. The smallest absolute Gasteiger partial charge is 0.136 e. The molecule has 1 aliphatic rings. The van der Waals surface area contributed by atoms with Crippen LogP contribution in [0.15, 0.2) is 36.4 Å². The van der Waals surface area contributed by atoms with Crippen LogP contribution in [-0.4, -0.2) is 10.2 Å². The highest BCUT2D eigenvalue weighted by Crippen LogP contribution is 2.46. The predicted molar refractivity (Wildman–Crippen MR) is 86.5 cm³/mol. The predicted octanol–water partition coefficient (Wildman–Crippen LogP) is 3.55. The lowest BCUT2D eigenvalue weighted by Gasteiger charge is -2.23. The first kappa shape index (κ1) is 13.9. The Labute approximate surface area is 137 Å². The van der Waals surface area contributed by atoms with E-state index in [1.807, 2.05) is 0 Å². The summed E-state index contributed by atoms with van der Waals surface area (Å²) in [5.74, 6) is 0.583. The zero-order chi connectivity index (χ0) is 16.8. The molecule has 3 aromatic carbocycles. The maximum Gasteiger partial charge on any atom is 0.136 e. The van der Waals surface area contributed by atoms with E-state index in [4.69, 9.17) is 4.74 Å². The summed E-state index contributed by atoms with van der Waals surface area (Å²) in [7, 11) is 0. The van der Waals surface area contributed by atoms with Crippen LogP contribution >= 0.6 is 0 Å². The first-order chi connectivity index (χ1) is 11.6. The van der Waals surface area contributed by atoms with Crippen LogP contribution < -0.4 is 4.74 Å². The standard InChI is InChI=1S/C19H10N2O3/c20-7-10-5-17-15-2-1-13(22)4-12(15)9-24-19(17)18-11(8-21)3-14(23)6-16(10)18/h1-6,22-23H,9H2. The van der Waals surface area contributed by atoms with Crippen molar-refractivity contribution in [3.8, 4) is 40.5 Å². The van der Waals surface area contributed by atoms with Crippen LogP contribution in [0.2, 0.25) is 0 Å². The Bertz CT molecular complexity index is 1100. The van der Waals surface area contributed by atoms with Gasteiger partial charge in [-0.2, -0.15) is 10.5 Å². The summed E-state index contributed by atoms with van der Waals surface area (Å²) in [5.41, 5.74) is 2.95. The van der Waals surface area contributed by atoms with Crippen LogP contribution in [0.3, 0.4) is 0 Å². The minimum atomic E-state index is -0.0726. The number of phenols is 2. The molecule has 0 fully saturated rings. The van der Waals surface area contributed by atoms with Crippen LogP contribution in [0, 0.1) is 22.7 Å². The minimum absolute atomic E-state index is 0.0726. The van der Waals surface area contributed by atoms with Crippen molar-refractivity contribution < 1.29 is 14.9 Å². The number of nitriles is 2. The zero-order valence-corrected chi connectivity index (χ0v) is 12.4. The molecule has 0 saturated heterocycles. The summed E-state index contributed by atoms with van der Waals surface area (Å²) >= 11 is 0. The molecule has 0 aromatic heterocycles. The van der Waals surface area contributed by atoms with Crippen LogP contribution in [0.1, 0.15) is 16.7 Å². The third-order valence-corrected chi connectivity index (χ3v) is 4.17. The van der Waals surface area contributed by atoms with Crippen molar-refractivity contribution in [1.29, 1.82) is 10.5 Å². The number of hydrogen-bond acceptors (Lipinski definition) is 5. The van der Waals surface area contributed by atoms with E-state index in [2.05, 4.69) is 12.1 Å². The van der Waals surface area contributed by atoms with Crippen molar-refractivity contribution in [3.05, 3.63) is 53.1 Å². The van der Waals surface area contributed by atoms with Gasteiger partial charge in [-0.1, -0.05) is 6.07 Å². The first-order valence-corrected chi connectivity index (χ1v) is 7.21. The number of rotatable bonds is 0. The van der Waals surface area contributed by atoms with Gasteiger partial charge in [0, 0.05) is 21.9 Å². The average molecular weight is 314 g/mol.